The maximum Gasteiger partial charge on any atom is 0.416 e. The number of carbonyl (C=O) groups excluding carboxylic acids is 1. The van der Waals surface area contributed by atoms with Gasteiger partial charge in [-0.3, -0.25) is 9.59 Å². The average Bonchev–Trinajstić information content (AvgIpc) is 2.72. The highest BCUT2D eigenvalue weighted by Crippen LogP contribution is 2.30. The zero-order chi connectivity index (χ0) is 22.6. The maximum atomic E-state index is 13.0. The minimum absolute atomic E-state index is 0.0871. The van der Waals surface area contributed by atoms with Crippen molar-refractivity contribution >= 4 is 5.91 Å². The molecular weight excluding hydrogens is 411 g/mol. The van der Waals surface area contributed by atoms with Crippen molar-refractivity contribution in [2.24, 2.45) is 0 Å². The highest BCUT2D eigenvalue weighted by molar-refractivity contribution is 5.92. The first kappa shape index (κ1) is 22.1. The van der Waals surface area contributed by atoms with Gasteiger partial charge in [0.1, 0.15) is 12.4 Å². The molecule has 0 saturated heterocycles. The Labute approximate surface area is 176 Å². The lowest BCUT2D eigenvalue weighted by Gasteiger charge is -2.13. The second kappa shape index (κ2) is 9.03. The van der Waals surface area contributed by atoms with Crippen LogP contribution in [-0.2, 0) is 6.18 Å². The third-order valence-electron chi connectivity index (χ3n) is 4.42. The van der Waals surface area contributed by atoms with Crippen LogP contribution in [0.25, 0.3) is 5.69 Å². The molecule has 0 bridgehead atoms. The minimum Gasteiger partial charge on any atom is -0.492 e. The van der Waals surface area contributed by atoms with E-state index >= 15 is 0 Å². The largest absolute Gasteiger partial charge is 0.492 e. The molecule has 1 heterocycles. The summed E-state index contributed by atoms with van der Waals surface area (Å²) in [5.41, 5.74) is -0.434. The van der Waals surface area contributed by atoms with Crippen molar-refractivity contribution in [3.63, 3.8) is 0 Å². The first-order chi connectivity index (χ1) is 14.6. The molecule has 0 aliphatic heterocycles. The van der Waals surface area contributed by atoms with Crippen molar-refractivity contribution in [3.8, 4) is 11.4 Å². The number of rotatable bonds is 6. The van der Waals surface area contributed by atoms with Gasteiger partial charge in [0.2, 0.25) is 5.43 Å². The number of hydrogen-bond donors (Lipinski definition) is 1. The quantitative estimate of drug-likeness (QED) is 0.605. The van der Waals surface area contributed by atoms with Crippen molar-refractivity contribution in [2.45, 2.75) is 20.0 Å². The molecule has 3 rings (SSSR count). The Morgan fingerprint density at radius 1 is 1.10 bits per heavy atom. The van der Waals surface area contributed by atoms with Gasteiger partial charge in [0.25, 0.3) is 5.91 Å². The highest BCUT2D eigenvalue weighted by atomic mass is 19.4. The predicted molar refractivity (Wildman–Crippen MR) is 109 cm³/mol. The molecule has 0 aliphatic carbocycles. The number of aryl methyl sites for hydroxylation is 2. The summed E-state index contributed by atoms with van der Waals surface area (Å²) < 4.78 is 45.7. The number of amides is 1. The number of alkyl halides is 3. The molecule has 0 spiro atoms. The van der Waals surface area contributed by atoms with Gasteiger partial charge in [0.15, 0.2) is 5.69 Å². The van der Waals surface area contributed by atoms with E-state index in [1.807, 2.05) is 19.1 Å². The van der Waals surface area contributed by atoms with Crippen molar-refractivity contribution in [1.29, 1.82) is 0 Å². The second-order valence-corrected chi connectivity index (χ2v) is 6.88. The van der Waals surface area contributed by atoms with Crippen LogP contribution < -0.4 is 15.5 Å². The fraction of sp³-hybridized carbons (Fsp3) is 0.227. The van der Waals surface area contributed by atoms with Crippen LogP contribution in [-0.4, -0.2) is 28.8 Å². The van der Waals surface area contributed by atoms with Gasteiger partial charge in [-0.25, -0.2) is 4.68 Å². The summed E-state index contributed by atoms with van der Waals surface area (Å²) in [7, 11) is 0. The fourth-order valence-corrected chi connectivity index (χ4v) is 2.83. The van der Waals surface area contributed by atoms with Gasteiger partial charge in [-0.05, 0) is 44.2 Å². The molecule has 1 N–H and O–H groups in total. The Morgan fingerprint density at radius 2 is 1.81 bits per heavy atom. The van der Waals surface area contributed by atoms with Gasteiger partial charge in [-0.15, -0.1) is 0 Å². The summed E-state index contributed by atoms with van der Waals surface area (Å²) in [5.74, 6) is -0.0987. The fourth-order valence-electron chi connectivity index (χ4n) is 2.83. The third-order valence-corrected chi connectivity index (χ3v) is 4.42. The van der Waals surface area contributed by atoms with Crippen LogP contribution in [0.3, 0.4) is 0 Å². The van der Waals surface area contributed by atoms with E-state index in [2.05, 4.69) is 10.4 Å². The van der Waals surface area contributed by atoms with Crippen molar-refractivity contribution in [1.82, 2.24) is 15.1 Å². The maximum absolute atomic E-state index is 13.0. The first-order valence-corrected chi connectivity index (χ1v) is 9.41. The molecule has 31 heavy (non-hydrogen) atoms. The lowest BCUT2D eigenvalue weighted by Crippen LogP contribution is -2.34. The topological polar surface area (TPSA) is 73.2 Å². The van der Waals surface area contributed by atoms with E-state index in [1.165, 1.54) is 19.1 Å². The Kier molecular flexibility index (Phi) is 6.43. The average molecular weight is 431 g/mol. The molecule has 1 amide bonds. The summed E-state index contributed by atoms with van der Waals surface area (Å²) in [5, 5.41) is 6.53. The Morgan fingerprint density at radius 3 is 2.48 bits per heavy atom. The summed E-state index contributed by atoms with van der Waals surface area (Å²) in [4.78, 5) is 24.6. The molecule has 162 valence electrons. The molecule has 0 saturated carbocycles. The number of halogens is 3. The first-order valence-electron chi connectivity index (χ1n) is 9.41. The number of hydrogen-bond acceptors (Lipinski definition) is 4. The number of aromatic nitrogens is 2. The second-order valence-electron chi connectivity index (χ2n) is 6.88. The van der Waals surface area contributed by atoms with Crippen molar-refractivity contribution in [3.05, 3.63) is 87.3 Å². The van der Waals surface area contributed by atoms with Gasteiger partial charge in [0, 0.05) is 11.8 Å². The number of ether oxygens (including phenoxy) is 1. The van der Waals surface area contributed by atoms with E-state index in [1.54, 1.807) is 12.1 Å². The van der Waals surface area contributed by atoms with Gasteiger partial charge in [-0.2, -0.15) is 18.3 Å². The molecular formula is C22H20F3N3O3. The predicted octanol–water partition coefficient (Wildman–Crippen LogP) is 3.68. The molecule has 6 nitrogen and oxygen atoms in total. The van der Waals surface area contributed by atoms with Crippen LogP contribution in [0.5, 0.6) is 5.75 Å². The lowest BCUT2D eigenvalue weighted by atomic mass is 10.2. The molecule has 0 unspecified atom stereocenters. The molecule has 2 aromatic carbocycles. The van der Waals surface area contributed by atoms with Gasteiger partial charge in [0.05, 0.1) is 17.8 Å². The monoisotopic (exact) mass is 431 g/mol. The van der Waals surface area contributed by atoms with Crippen LogP contribution in [0.15, 0.2) is 59.4 Å². The van der Waals surface area contributed by atoms with E-state index in [4.69, 9.17) is 4.74 Å². The molecule has 0 atom stereocenters. The number of carbonyl (C=O) groups is 1. The lowest BCUT2D eigenvalue weighted by molar-refractivity contribution is -0.137. The highest BCUT2D eigenvalue weighted by Gasteiger charge is 2.30. The van der Waals surface area contributed by atoms with Crippen LogP contribution in [0.4, 0.5) is 13.2 Å². The molecule has 9 heteroatoms. The molecule has 0 fully saturated rings. The summed E-state index contributed by atoms with van der Waals surface area (Å²) >= 11 is 0. The van der Waals surface area contributed by atoms with Crippen LogP contribution >= 0.6 is 0 Å². The van der Waals surface area contributed by atoms with Gasteiger partial charge >= 0.3 is 6.18 Å². The summed E-state index contributed by atoms with van der Waals surface area (Å²) in [6.07, 6.45) is -4.53. The smallest absolute Gasteiger partial charge is 0.416 e. The summed E-state index contributed by atoms with van der Waals surface area (Å²) in [6.45, 7) is 3.75. The minimum atomic E-state index is -4.53. The van der Waals surface area contributed by atoms with Gasteiger partial charge in [-0.1, -0.05) is 23.8 Å². The van der Waals surface area contributed by atoms with E-state index in [9.17, 15) is 22.8 Å². The molecule has 0 radical (unpaired) electrons. The van der Waals surface area contributed by atoms with E-state index in [-0.39, 0.29) is 18.8 Å². The zero-order valence-electron chi connectivity index (χ0n) is 16.9. The van der Waals surface area contributed by atoms with Crippen molar-refractivity contribution < 1.29 is 22.7 Å². The SMILES string of the molecule is Cc1ccc(OCCNC(=O)c2nn(-c3cccc(C(F)(F)F)c3)c(C)cc2=O)cc1. The molecule has 1 aromatic heterocycles. The number of nitrogens with zero attached hydrogens (tertiary/aromatic N) is 2. The normalized spacial score (nSPS) is 11.3. The Bertz CT molecular complexity index is 1140. The number of benzene rings is 2. The molecule has 0 aliphatic rings. The Balaban J connectivity index is 1.74. The van der Waals surface area contributed by atoms with E-state index in [0.29, 0.717) is 11.4 Å². The number of nitrogens with one attached hydrogen (secondary N) is 1. The van der Waals surface area contributed by atoms with Crippen molar-refractivity contribution in [2.75, 3.05) is 13.2 Å². The Hall–Kier alpha value is -3.62. The van der Waals surface area contributed by atoms with Gasteiger partial charge < -0.3 is 10.1 Å². The molecule has 3 aromatic rings. The van der Waals surface area contributed by atoms with E-state index < -0.39 is 28.8 Å². The van der Waals surface area contributed by atoms with E-state index in [0.717, 1.165) is 28.4 Å². The van der Waals surface area contributed by atoms with Crippen LogP contribution in [0.2, 0.25) is 0 Å². The standard InChI is InChI=1S/C22H20F3N3O3/c1-14-6-8-18(9-7-14)31-11-10-26-21(30)20-19(29)12-15(2)28(27-20)17-5-3-4-16(13-17)22(23,24)25/h3-9,12-13H,10-11H2,1-2H3,(H,26,30). The zero-order valence-corrected chi connectivity index (χ0v) is 16.9. The van der Waals surface area contributed by atoms with Crippen LogP contribution in [0, 0.1) is 13.8 Å². The summed E-state index contributed by atoms with van der Waals surface area (Å²) in [6, 6.07) is 13.0. The third kappa shape index (κ3) is 5.50. The van der Waals surface area contributed by atoms with Crippen LogP contribution in [0.1, 0.15) is 27.3 Å².